The van der Waals surface area contributed by atoms with Gasteiger partial charge >= 0.3 is 5.97 Å². The Hall–Kier alpha value is -1.55. The highest BCUT2D eigenvalue weighted by atomic mass is 16.5. The summed E-state index contributed by atoms with van der Waals surface area (Å²) >= 11 is 0. The molecule has 0 heterocycles. The van der Waals surface area contributed by atoms with Crippen LogP contribution in [-0.4, -0.2) is 17.2 Å². The molecule has 1 aromatic carbocycles. The number of ether oxygens (including phenoxy) is 1. The van der Waals surface area contributed by atoms with E-state index in [0.717, 1.165) is 5.56 Å². The van der Waals surface area contributed by atoms with E-state index >= 15 is 0 Å². The Morgan fingerprint density at radius 2 is 2.06 bits per heavy atom. The van der Waals surface area contributed by atoms with Crippen molar-refractivity contribution in [1.29, 1.82) is 0 Å². The zero-order valence-corrected chi connectivity index (χ0v) is 9.51. The summed E-state index contributed by atoms with van der Waals surface area (Å²) in [6.45, 7) is 3.83. The first-order valence-corrected chi connectivity index (χ1v) is 5.23. The zero-order valence-electron chi connectivity index (χ0n) is 9.51. The van der Waals surface area contributed by atoms with Gasteiger partial charge in [0.05, 0.1) is 12.5 Å². The van der Waals surface area contributed by atoms with Crippen LogP contribution in [0.25, 0.3) is 0 Å². The van der Waals surface area contributed by atoms with Gasteiger partial charge in [0.25, 0.3) is 0 Å². The molecule has 0 aliphatic heterocycles. The Morgan fingerprint density at radius 1 is 1.44 bits per heavy atom. The molecular formula is C12H17NO3. The van der Waals surface area contributed by atoms with Gasteiger partial charge in [0.15, 0.2) is 0 Å². The van der Waals surface area contributed by atoms with Crippen LogP contribution in [0.1, 0.15) is 31.9 Å². The van der Waals surface area contributed by atoms with Gasteiger partial charge in [-0.25, -0.2) is 0 Å². The highest BCUT2D eigenvalue weighted by molar-refractivity contribution is 5.68. The van der Waals surface area contributed by atoms with Crippen LogP contribution in [0.15, 0.2) is 24.3 Å². The van der Waals surface area contributed by atoms with E-state index in [9.17, 15) is 4.79 Å². The van der Waals surface area contributed by atoms with E-state index in [-0.39, 0.29) is 12.5 Å². The summed E-state index contributed by atoms with van der Waals surface area (Å²) in [5, 5.41) is 8.70. The lowest BCUT2D eigenvalue weighted by Crippen LogP contribution is -2.17. The van der Waals surface area contributed by atoms with Crippen LogP contribution < -0.4 is 10.5 Å². The minimum absolute atomic E-state index is 0.0400. The molecule has 0 aromatic heterocycles. The molecule has 0 spiro atoms. The van der Waals surface area contributed by atoms with Gasteiger partial charge in [0.1, 0.15) is 5.75 Å². The summed E-state index contributed by atoms with van der Waals surface area (Å²) in [6.07, 6.45) is -0.0588. The van der Waals surface area contributed by atoms with Gasteiger partial charge in [0.2, 0.25) is 0 Å². The van der Waals surface area contributed by atoms with Gasteiger partial charge in [-0.2, -0.15) is 0 Å². The first-order chi connectivity index (χ1) is 7.50. The first kappa shape index (κ1) is 12.5. The molecule has 3 N–H and O–H groups in total. The Balaban J connectivity index is 2.89. The molecule has 4 nitrogen and oxygen atoms in total. The summed E-state index contributed by atoms with van der Waals surface area (Å²) in [7, 11) is 0. The van der Waals surface area contributed by atoms with Crippen molar-refractivity contribution in [2.45, 2.75) is 32.4 Å². The number of rotatable bonds is 5. The average Bonchev–Trinajstić information content (AvgIpc) is 2.16. The summed E-state index contributed by atoms with van der Waals surface area (Å²) in [5.41, 5.74) is 6.55. The minimum Gasteiger partial charge on any atom is -0.491 e. The summed E-state index contributed by atoms with van der Waals surface area (Å²) < 4.78 is 5.58. The number of nitrogens with two attached hydrogens (primary N) is 1. The zero-order chi connectivity index (χ0) is 12.1. The van der Waals surface area contributed by atoms with Crippen molar-refractivity contribution in [2.75, 3.05) is 0 Å². The third-order valence-electron chi connectivity index (χ3n) is 2.08. The Morgan fingerprint density at radius 3 is 2.62 bits per heavy atom. The average molecular weight is 223 g/mol. The van der Waals surface area contributed by atoms with Crippen molar-refractivity contribution in [3.05, 3.63) is 29.8 Å². The lowest BCUT2D eigenvalue weighted by molar-refractivity contribution is -0.137. The molecule has 0 unspecified atom stereocenters. The number of carboxylic acid groups (broad SMARTS) is 1. The van der Waals surface area contributed by atoms with Gasteiger partial charge in [0, 0.05) is 11.6 Å². The largest absolute Gasteiger partial charge is 0.491 e. The quantitative estimate of drug-likeness (QED) is 0.800. The van der Waals surface area contributed by atoms with Gasteiger partial charge in [-0.15, -0.1) is 0 Å². The third-order valence-corrected chi connectivity index (χ3v) is 2.08. The van der Waals surface area contributed by atoms with Gasteiger partial charge in [-0.3, -0.25) is 4.79 Å². The van der Waals surface area contributed by atoms with Crippen LogP contribution in [-0.2, 0) is 4.79 Å². The van der Waals surface area contributed by atoms with Crippen molar-refractivity contribution in [3.8, 4) is 5.75 Å². The molecule has 0 saturated heterocycles. The molecule has 0 bridgehead atoms. The standard InChI is InChI=1S/C12H17NO3/c1-8(2)16-11-6-4-3-5-9(11)10(13)7-12(14)15/h3-6,8,10H,7,13H2,1-2H3,(H,14,15)/t10-/m1/s1. The highest BCUT2D eigenvalue weighted by Crippen LogP contribution is 2.26. The molecular weight excluding hydrogens is 206 g/mol. The molecule has 0 radical (unpaired) electrons. The molecule has 0 saturated carbocycles. The van der Waals surface area contributed by atoms with E-state index in [4.69, 9.17) is 15.6 Å². The van der Waals surface area contributed by atoms with Crippen LogP contribution in [0.4, 0.5) is 0 Å². The predicted molar refractivity (Wildman–Crippen MR) is 61.4 cm³/mol. The van der Waals surface area contributed by atoms with Gasteiger partial charge in [-0.1, -0.05) is 18.2 Å². The Bertz CT molecular complexity index is 363. The fourth-order valence-corrected chi connectivity index (χ4v) is 1.45. The second kappa shape index (κ2) is 5.51. The lowest BCUT2D eigenvalue weighted by Gasteiger charge is -2.17. The molecule has 88 valence electrons. The van der Waals surface area contributed by atoms with E-state index in [1.165, 1.54) is 0 Å². The van der Waals surface area contributed by atoms with Crippen molar-refractivity contribution < 1.29 is 14.6 Å². The fraction of sp³-hybridized carbons (Fsp3) is 0.417. The summed E-state index contributed by atoms with van der Waals surface area (Å²) in [6, 6.07) is 6.73. The van der Waals surface area contributed by atoms with Gasteiger partial charge < -0.3 is 15.6 Å². The van der Waals surface area contributed by atoms with Crippen LogP contribution in [0, 0.1) is 0 Å². The number of hydrogen-bond acceptors (Lipinski definition) is 3. The van der Waals surface area contributed by atoms with Crippen LogP contribution >= 0.6 is 0 Å². The topological polar surface area (TPSA) is 72.5 Å². The van der Waals surface area contributed by atoms with Crippen LogP contribution in [0.3, 0.4) is 0 Å². The van der Waals surface area contributed by atoms with Crippen LogP contribution in [0.2, 0.25) is 0 Å². The number of carboxylic acids is 1. The summed E-state index contributed by atoms with van der Waals surface area (Å²) in [5.74, 6) is -0.252. The van der Waals surface area contributed by atoms with E-state index in [1.54, 1.807) is 12.1 Å². The lowest BCUT2D eigenvalue weighted by atomic mass is 10.0. The maximum absolute atomic E-state index is 10.6. The van der Waals surface area contributed by atoms with E-state index < -0.39 is 12.0 Å². The van der Waals surface area contributed by atoms with Crippen molar-refractivity contribution in [3.63, 3.8) is 0 Å². The van der Waals surface area contributed by atoms with Crippen molar-refractivity contribution in [2.24, 2.45) is 5.73 Å². The van der Waals surface area contributed by atoms with Crippen LogP contribution in [0.5, 0.6) is 5.75 Å². The van der Waals surface area contributed by atoms with Gasteiger partial charge in [-0.05, 0) is 19.9 Å². The molecule has 1 aromatic rings. The van der Waals surface area contributed by atoms with E-state index in [0.29, 0.717) is 5.75 Å². The van der Waals surface area contributed by atoms with Crippen molar-refractivity contribution in [1.82, 2.24) is 0 Å². The second-order valence-electron chi connectivity index (χ2n) is 3.91. The predicted octanol–water partition coefficient (Wildman–Crippen LogP) is 1.95. The third kappa shape index (κ3) is 3.55. The molecule has 0 aliphatic carbocycles. The molecule has 0 fully saturated rings. The summed E-state index contributed by atoms with van der Waals surface area (Å²) in [4.78, 5) is 10.6. The highest BCUT2D eigenvalue weighted by Gasteiger charge is 2.15. The monoisotopic (exact) mass is 223 g/mol. The normalized spacial score (nSPS) is 12.5. The molecule has 16 heavy (non-hydrogen) atoms. The number of para-hydroxylation sites is 1. The molecule has 4 heteroatoms. The fourth-order valence-electron chi connectivity index (χ4n) is 1.45. The molecule has 1 rings (SSSR count). The maximum atomic E-state index is 10.6. The number of aliphatic carboxylic acids is 1. The molecule has 0 aliphatic rings. The Labute approximate surface area is 95.0 Å². The second-order valence-corrected chi connectivity index (χ2v) is 3.91. The number of hydrogen-bond donors (Lipinski definition) is 2. The van der Waals surface area contributed by atoms with E-state index in [2.05, 4.69) is 0 Å². The number of carbonyl (C=O) groups is 1. The SMILES string of the molecule is CC(C)Oc1ccccc1[C@H](N)CC(=O)O. The molecule has 1 atom stereocenters. The maximum Gasteiger partial charge on any atom is 0.305 e. The van der Waals surface area contributed by atoms with Crippen molar-refractivity contribution >= 4 is 5.97 Å². The smallest absolute Gasteiger partial charge is 0.305 e. The number of benzene rings is 1. The minimum atomic E-state index is -0.910. The Kier molecular flexibility index (Phi) is 4.31. The molecule has 0 amide bonds. The van der Waals surface area contributed by atoms with E-state index in [1.807, 2.05) is 26.0 Å². The first-order valence-electron chi connectivity index (χ1n) is 5.23.